The monoisotopic (exact) mass is 326 g/mol. The lowest BCUT2D eigenvalue weighted by Gasteiger charge is -2.11. The van der Waals surface area contributed by atoms with Crippen molar-refractivity contribution in [1.29, 1.82) is 0 Å². The zero-order chi connectivity index (χ0) is 14.0. The van der Waals surface area contributed by atoms with E-state index in [-0.39, 0.29) is 23.9 Å². The van der Waals surface area contributed by atoms with E-state index in [9.17, 15) is 9.59 Å². The van der Waals surface area contributed by atoms with Gasteiger partial charge < -0.3 is 16.2 Å². The van der Waals surface area contributed by atoms with E-state index in [0.717, 1.165) is 12.8 Å². The van der Waals surface area contributed by atoms with Crippen molar-refractivity contribution < 1.29 is 14.7 Å². The first-order valence-corrected chi connectivity index (χ1v) is 6.85. The number of carboxylic acid groups (broad SMARTS) is 1. The van der Waals surface area contributed by atoms with E-state index < -0.39 is 5.97 Å². The van der Waals surface area contributed by atoms with Gasteiger partial charge in [0.15, 0.2) is 0 Å². The van der Waals surface area contributed by atoms with Crippen LogP contribution in [0.15, 0.2) is 22.7 Å². The summed E-state index contributed by atoms with van der Waals surface area (Å²) in [6.45, 7) is 0. The maximum atomic E-state index is 11.8. The summed E-state index contributed by atoms with van der Waals surface area (Å²) in [5.41, 5.74) is 6.45. The third kappa shape index (κ3) is 3.78. The van der Waals surface area contributed by atoms with Gasteiger partial charge in [0.25, 0.3) is 0 Å². The predicted molar refractivity (Wildman–Crippen MR) is 75.0 cm³/mol. The summed E-state index contributed by atoms with van der Waals surface area (Å²) in [6, 6.07) is 4.57. The van der Waals surface area contributed by atoms with Crippen molar-refractivity contribution in [3.63, 3.8) is 0 Å². The van der Waals surface area contributed by atoms with Crippen LogP contribution in [0.3, 0.4) is 0 Å². The fourth-order valence-electron chi connectivity index (χ4n) is 1.88. The average molecular weight is 327 g/mol. The molecule has 0 radical (unpaired) electrons. The molecule has 4 N–H and O–H groups in total. The molecule has 6 heteroatoms. The third-order valence-electron chi connectivity index (χ3n) is 3.13. The minimum absolute atomic E-state index is 0.102. The Bertz CT molecular complexity index is 515. The van der Waals surface area contributed by atoms with Crippen molar-refractivity contribution in [3.8, 4) is 0 Å². The van der Waals surface area contributed by atoms with Crippen LogP contribution in [0.2, 0.25) is 0 Å². The van der Waals surface area contributed by atoms with Gasteiger partial charge in [-0.2, -0.15) is 0 Å². The van der Waals surface area contributed by atoms with E-state index in [0.29, 0.717) is 16.1 Å². The fraction of sp³-hybridized carbons (Fsp3) is 0.385. The van der Waals surface area contributed by atoms with Crippen LogP contribution in [0.25, 0.3) is 0 Å². The molecule has 102 valence electrons. The third-order valence-corrected chi connectivity index (χ3v) is 3.82. The van der Waals surface area contributed by atoms with Gasteiger partial charge in [-0.05, 0) is 52.9 Å². The Morgan fingerprint density at radius 2 is 2.16 bits per heavy atom. The summed E-state index contributed by atoms with van der Waals surface area (Å²) >= 11 is 3.15. The summed E-state index contributed by atoms with van der Waals surface area (Å²) in [5.74, 6) is -0.763. The summed E-state index contributed by atoms with van der Waals surface area (Å²) in [6.07, 6.45) is 2.45. The van der Waals surface area contributed by atoms with Crippen molar-refractivity contribution in [3.05, 3.63) is 28.2 Å². The van der Waals surface area contributed by atoms with E-state index in [1.165, 1.54) is 6.07 Å². The number of nitrogens with one attached hydrogen (secondary N) is 1. The Morgan fingerprint density at radius 1 is 1.47 bits per heavy atom. The Labute approximate surface area is 119 Å². The number of carbonyl (C=O) groups excluding carboxylic acids is 1. The molecular formula is C13H15BrN2O3. The largest absolute Gasteiger partial charge is 0.478 e. The molecule has 0 spiro atoms. The number of benzene rings is 1. The molecule has 0 bridgehead atoms. The number of carbonyl (C=O) groups is 2. The minimum atomic E-state index is -1.04. The Kier molecular flexibility index (Phi) is 4.21. The first-order valence-electron chi connectivity index (χ1n) is 6.05. The van der Waals surface area contributed by atoms with Crippen molar-refractivity contribution in [2.24, 2.45) is 11.7 Å². The molecule has 1 unspecified atom stereocenters. The number of halogens is 1. The minimum Gasteiger partial charge on any atom is -0.478 e. The van der Waals surface area contributed by atoms with Crippen LogP contribution in [-0.4, -0.2) is 23.0 Å². The summed E-state index contributed by atoms with van der Waals surface area (Å²) in [5, 5.41) is 11.7. The number of hydrogen-bond donors (Lipinski definition) is 3. The summed E-state index contributed by atoms with van der Waals surface area (Å²) < 4.78 is 0.479. The second-order valence-corrected chi connectivity index (χ2v) is 5.61. The zero-order valence-electron chi connectivity index (χ0n) is 10.2. The molecule has 1 fully saturated rings. The molecule has 0 aliphatic heterocycles. The normalized spacial score (nSPS) is 15.9. The quantitative estimate of drug-likeness (QED) is 0.773. The highest BCUT2D eigenvalue weighted by Crippen LogP contribution is 2.32. The molecule has 5 nitrogen and oxygen atoms in total. The Hall–Kier alpha value is -1.40. The second-order valence-electron chi connectivity index (χ2n) is 4.75. The number of hydrogen-bond acceptors (Lipinski definition) is 3. The molecule has 0 aromatic heterocycles. The molecule has 1 atom stereocenters. The lowest BCUT2D eigenvalue weighted by Crippen LogP contribution is -2.28. The molecule has 1 aromatic rings. The highest BCUT2D eigenvalue weighted by atomic mass is 79.9. The fourth-order valence-corrected chi connectivity index (χ4v) is 2.30. The van der Waals surface area contributed by atoms with Crippen molar-refractivity contribution in [2.75, 3.05) is 5.32 Å². The highest BCUT2D eigenvalue weighted by molar-refractivity contribution is 9.10. The van der Waals surface area contributed by atoms with Crippen molar-refractivity contribution >= 4 is 33.5 Å². The summed E-state index contributed by atoms with van der Waals surface area (Å²) in [4.78, 5) is 22.7. The van der Waals surface area contributed by atoms with Crippen LogP contribution in [0.4, 0.5) is 5.69 Å². The van der Waals surface area contributed by atoms with Gasteiger partial charge in [0.05, 0.1) is 5.56 Å². The van der Waals surface area contributed by atoms with Gasteiger partial charge in [0.1, 0.15) is 0 Å². The van der Waals surface area contributed by atoms with E-state index in [1.807, 2.05) is 0 Å². The van der Waals surface area contributed by atoms with E-state index in [1.54, 1.807) is 12.1 Å². The molecular weight excluding hydrogens is 312 g/mol. The first-order chi connectivity index (χ1) is 8.97. The first kappa shape index (κ1) is 14.0. The zero-order valence-corrected chi connectivity index (χ0v) is 11.8. The van der Waals surface area contributed by atoms with Crippen LogP contribution in [0.1, 0.15) is 29.6 Å². The maximum absolute atomic E-state index is 11.8. The van der Waals surface area contributed by atoms with Gasteiger partial charge >= 0.3 is 5.97 Å². The number of nitrogens with two attached hydrogens (primary N) is 1. The van der Waals surface area contributed by atoms with Crippen LogP contribution >= 0.6 is 15.9 Å². The predicted octanol–water partition coefficient (Wildman–Crippen LogP) is 2.21. The SMILES string of the molecule is NC(CC(=O)Nc1ccc(Br)c(C(=O)O)c1)C1CC1. The van der Waals surface area contributed by atoms with E-state index in [2.05, 4.69) is 21.2 Å². The van der Waals surface area contributed by atoms with E-state index >= 15 is 0 Å². The molecule has 1 aliphatic rings. The van der Waals surface area contributed by atoms with Crippen LogP contribution in [-0.2, 0) is 4.79 Å². The molecule has 0 heterocycles. The van der Waals surface area contributed by atoms with Gasteiger partial charge in [0.2, 0.25) is 5.91 Å². The molecule has 0 saturated heterocycles. The van der Waals surface area contributed by atoms with Gasteiger partial charge in [0, 0.05) is 22.6 Å². The van der Waals surface area contributed by atoms with E-state index in [4.69, 9.17) is 10.8 Å². The molecule has 1 amide bonds. The molecule has 19 heavy (non-hydrogen) atoms. The smallest absolute Gasteiger partial charge is 0.336 e. The van der Waals surface area contributed by atoms with Crippen LogP contribution in [0.5, 0.6) is 0 Å². The molecule has 1 saturated carbocycles. The second kappa shape index (κ2) is 5.71. The van der Waals surface area contributed by atoms with Crippen molar-refractivity contribution in [1.82, 2.24) is 0 Å². The number of rotatable bonds is 5. The summed E-state index contributed by atoms with van der Waals surface area (Å²) in [7, 11) is 0. The Balaban J connectivity index is 2.00. The lowest BCUT2D eigenvalue weighted by molar-refractivity contribution is -0.116. The van der Waals surface area contributed by atoms with Gasteiger partial charge in [-0.25, -0.2) is 4.79 Å². The average Bonchev–Trinajstić information content (AvgIpc) is 3.15. The van der Waals surface area contributed by atoms with Crippen molar-refractivity contribution in [2.45, 2.75) is 25.3 Å². The standard InChI is InChI=1S/C13H15BrN2O3/c14-10-4-3-8(5-9(10)13(18)19)16-12(17)6-11(15)7-1-2-7/h3-5,7,11H,1-2,6,15H2,(H,16,17)(H,18,19). The van der Waals surface area contributed by atoms with Crippen LogP contribution < -0.4 is 11.1 Å². The molecule has 1 aliphatic carbocycles. The number of amides is 1. The lowest BCUT2D eigenvalue weighted by atomic mass is 10.1. The number of anilines is 1. The maximum Gasteiger partial charge on any atom is 0.336 e. The molecule has 2 rings (SSSR count). The topological polar surface area (TPSA) is 92.4 Å². The molecule has 1 aromatic carbocycles. The number of aromatic carboxylic acids is 1. The number of carboxylic acids is 1. The Morgan fingerprint density at radius 3 is 2.74 bits per heavy atom. The van der Waals surface area contributed by atoms with Gasteiger partial charge in [-0.1, -0.05) is 0 Å². The van der Waals surface area contributed by atoms with Crippen LogP contribution in [0, 0.1) is 5.92 Å². The van der Waals surface area contributed by atoms with Gasteiger partial charge in [-0.3, -0.25) is 4.79 Å². The highest BCUT2D eigenvalue weighted by Gasteiger charge is 2.29. The van der Waals surface area contributed by atoms with Gasteiger partial charge in [-0.15, -0.1) is 0 Å².